The van der Waals surface area contributed by atoms with Crippen LogP contribution in [0.2, 0.25) is 0 Å². The van der Waals surface area contributed by atoms with E-state index in [0.29, 0.717) is 0 Å². The summed E-state index contributed by atoms with van der Waals surface area (Å²) in [4.78, 5) is 9.93. The molecule has 144 valence electrons. The number of hydrogen-bond acceptors (Lipinski definition) is 1. The molecule has 0 atom stereocenters. The summed E-state index contributed by atoms with van der Waals surface area (Å²) < 4.78 is 163. The second-order valence-electron chi connectivity index (χ2n) is 4.39. The summed E-state index contributed by atoms with van der Waals surface area (Å²) in [7, 11) is 0. The summed E-state index contributed by atoms with van der Waals surface area (Å²) in [6.45, 7) is 0. The van der Waals surface area contributed by atoms with Gasteiger partial charge in [-0.15, -0.1) is 0 Å². The van der Waals surface area contributed by atoms with Gasteiger partial charge >= 0.3 is 41.8 Å². The molecule has 0 aromatic carbocycles. The maximum absolute atomic E-state index is 13.0. The van der Waals surface area contributed by atoms with Crippen LogP contribution in [0.3, 0.4) is 0 Å². The quantitative estimate of drug-likeness (QED) is 0.644. The molecule has 0 saturated heterocycles. The van der Waals surface area contributed by atoms with Crippen molar-refractivity contribution in [3.05, 3.63) is 0 Å². The van der Waals surface area contributed by atoms with E-state index in [4.69, 9.17) is 5.11 Å². The van der Waals surface area contributed by atoms with E-state index in [-0.39, 0.29) is 0 Å². The molecule has 0 bridgehead atoms. The van der Waals surface area contributed by atoms with E-state index in [1.165, 1.54) is 0 Å². The first-order valence-electron chi connectivity index (χ1n) is 5.34. The number of aliphatic carboxylic acids is 1. The Balaban J connectivity index is 6.05. The predicted octanol–water partition coefficient (Wildman–Crippen LogP) is 4.59. The zero-order valence-electron chi connectivity index (χ0n) is 10.7. The molecule has 15 heteroatoms. The van der Waals surface area contributed by atoms with Gasteiger partial charge in [0.25, 0.3) is 0 Å². The normalized spacial score (nSPS) is 15.5. The fraction of sp³-hybridized carbons (Fsp3) is 0.889. The summed E-state index contributed by atoms with van der Waals surface area (Å²) in [5.41, 5.74) is 0. The van der Waals surface area contributed by atoms with Crippen LogP contribution in [-0.2, 0) is 4.79 Å². The molecule has 0 spiro atoms. The van der Waals surface area contributed by atoms with Crippen LogP contribution in [0.15, 0.2) is 0 Å². The lowest BCUT2D eigenvalue weighted by Gasteiger charge is -2.39. The van der Waals surface area contributed by atoms with Crippen molar-refractivity contribution in [3.8, 4) is 0 Å². The molecule has 0 unspecified atom stereocenters. The fourth-order valence-corrected chi connectivity index (χ4v) is 1.22. The molecule has 2 nitrogen and oxygen atoms in total. The highest BCUT2D eigenvalue weighted by atomic mass is 19.4. The van der Waals surface area contributed by atoms with Crippen molar-refractivity contribution in [2.75, 3.05) is 0 Å². The zero-order valence-corrected chi connectivity index (χ0v) is 10.7. The molecule has 0 rings (SSSR count). The molecule has 0 aromatic rings. The Hall–Kier alpha value is -1.44. The van der Waals surface area contributed by atoms with Crippen LogP contribution in [0.25, 0.3) is 0 Å². The van der Waals surface area contributed by atoms with Gasteiger partial charge in [0.1, 0.15) is 0 Å². The van der Waals surface area contributed by atoms with Gasteiger partial charge in [0, 0.05) is 6.42 Å². The summed E-state index contributed by atoms with van der Waals surface area (Å²) >= 11 is 0. The van der Waals surface area contributed by atoms with Crippen molar-refractivity contribution in [2.24, 2.45) is 0 Å². The van der Waals surface area contributed by atoms with Crippen LogP contribution in [0.1, 0.15) is 12.8 Å². The number of rotatable bonds is 7. The summed E-state index contributed by atoms with van der Waals surface area (Å²) in [6, 6.07) is 0. The molecular formula is C9H5F13O2. The molecule has 0 aliphatic heterocycles. The highest BCUT2D eigenvalue weighted by Crippen LogP contribution is 2.60. The minimum atomic E-state index is -7.96. The van der Waals surface area contributed by atoms with E-state index < -0.39 is 54.6 Å². The van der Waals surface area contributed by atoms with Crippen molar-refractivity contribution in [3.63, 3.8) is 0 Å². The van der Waals surface area contributed by atoms with Gasteiger partial charge in [-0.05, 0) is 0 Å². The first kappa shape index (κ1) is 22.6. The van der Waals surface area contributed by atoms with Gasteiger partial charge in [0.15, 0.2) is 0 Å². The third kappa shape index (κ3) is 3.20. The molecule has 0 amide bonds. The van der Waals surface area contributed by atoms with Crippen LogP contribution in [0.5, 0.6) is 0 Å². The van der Waals surface area contributed by atoms with Crippen molar-refractivity contribution in [1.29, 1.82) is 0 Å². The van der Waals surface area contributed by atoms with Crippen molar-refractivity contribution < 1.29 is 67.0 Å². The number of carbonyl (C=O) groups is 1. The van der Waals surface area contributed by atoms with Crippen LogP contribution in [0, 0.1) is 0 Å². The average Bonchev–Trinajstić information content (AvgIpc) is 2.34. The van der Waals surface area contributed by atoms with Gasteiger partial charge in [-0.25, -0.2) is 0 Å². The molecule has 0 saturated carbocycles. The number of alkyl halides is 13. The number of halogens is 13. The Labute approximate surface area is 123 Å². The Morgan fingerprint density at radius 3 is 1.25 bits per heavy atom. The molecule has 0 aliphatic rings. The minimum absolute atomic E-state index is 1.99. The molecule has 1 N–H and O–H groups in total. The summed E-state index contributed by atoms with van der Waals surface area (Å²) in [6.07, 6.45) is -12.2. The van der Waals surface area contributed by atoms with E-state index in [0.717, 1.165) is 0 Å². The maximum Gasteiger partial charge on any atom is 0.460 e. The predicted molar refractivity (Wildman–Crippen MR) is 47.7 cm³/mol. The van der Waals surface area contributed by atoms with E-state index in [2.05, 4.69) is 0 Å². The summed E-state index contributed by atoms with van der Waals surface area (Å²) in [5.74, 6) is -39.7. The number of hydrogen-bond donors (Lipinski definition) is 1. The van der Waals surface area contributed by atoms with Gasteiger partial charge < -0.3 is 5.11 Å². The lowest BCUT2D eigenvalue weighted by Crippen LogP contribution is -2.70. The van der Waals surface area contributed by atoms with Gasteiger partial charge in [-0.1, -0.05) is 0 Å². The molecule has 0 aromatic heterocycles. The second-order valence-corrected chi connectivity index (χ2v) is 4.39. The molecule has 0 aliphatic carbocycles. The topological polar surface area (TPSA) is 37.3 Å². The molecule has 24 heavy (non-hydrogen) atoms. The van der Waals surface area contributed by atoms with E-state index in [1.807, 2.05) is 0 Å². The minimum Gasteiger partial charge on any atom is -0.481 e. The van der Waals surface area contributed by atoms with Gasteiger partial charge in [0.2, 0.25) is 0 Å². The highest BCUT2D eigenvalue weighted by Gasteiger charge is 2.90. The largest absolute Gasteiger partial charge is 0.481 e. The lowest BCUT2D eigenvalue weighted by atomic mass is 9.92. The maximum atomic E-state index is 13.0. The van der Waals surface area contributed by atoms with E-state index in [1.54, 1.807) is 0 Å². The monoisotopic (exact) mass is 392 g/mol. The average molecular weight is 392 g/mol. The SMILES string of the molecule is O=C(O)CCC(F)(F)C(F)(F)C(F)(F)C(F)(F)C(F)(F)C(F)(F)F. The van der Waals surface area contributed by atoms with E-state index >= 15 is 0 Å². The van der Waals surface area contributed by atoms with Gasteiger partial charge in [0.05, 0.1) is 6.42 Å². The van der Waals surface area contributed by atoms with E-state index in [9.17, 15) is 61.9 Å². The Morgan fingerprint density at radius 1 is 0.625 bits per heavy atom. The van der Waals surface area contributed by atoms with Crippen molar-refractivity contribution >= 4 is 5.97 Å². The van der Waals surface area contributed by atoms with Crippen molar-refractivity contribution in [2.45, 2.75) is 48.6 Å². The summed E-state index contributed by atoms with van der Waals surface area (Å²) in [5, 5.41) is 7.96. The fourth-order valence-electron chi connectivity index (χ4n) is 1.22. The third-order valence-corrected chi connectivity index (χ3v) is 2.65. The standard InChI is InChI=1S/C9H5F13O2/c10-4(11,2-1-3(23)24)5(12,13)6(14,15)7(16,17)8(18,19)9(20,21)22/h1-2H2,(H,23,24). The third-order valence-electron chi connectivity index (χ3n) is 2.65. The van der Waals surface area contributed by atoms with Crippen LogP contribution >= 0.6 is 0 Å². The Bertz CT molecular complexity index is 478. The first-order chi connectivity index (χ1) is 10.2. The van der Waals surface area contributed by atoms with Crippen LogP contribution in [-0.4, -0.2) is 46.9 Å². The van der Waals surface area contributed by atoms with Crippen LogP contribution in [0.4, 0.5) is 57.1 Å². The lowest BCUT2D eigenvalue weighted by molar-refractivity contribution is -0.440. The Morgan fingerprint density at radius 2 is 0.958 bits per heavy atom. The van der Waals surface area contributed by atoms with Crippen molar-refractivity contribution in [1.82, 2.24) is 0 Å². The zero-order chi connectivity index (χ0) is 20.0. The molecule has 0 fully saturated rings. The molecule has 0 radical (unpaired) electrons. The smallest absolute Gasteiger partial charge is 0.460 e. The van der Waals surface area contributed by atoms with Crippen LogP contribution < -0.4 is 0 Å². The first-order valence-corrected chi connectivity index (χ1v) is 5.34. The van der Waals surface area contributed by atoms with Gasteiger partial charge in [-0.2, -0.15) is 57.1 Å². The number of carboxylic acids is 1. The molecular weight excluding hydrogens is 387 g/mol. The highest BCUT2D eigenvalue weighted by molar-refractivity contribution is 5.66. The second kappa shape index (κ2) is 5.82. The Kier molecular flexibility index (Phi) is 5.47. The number of carboxylic acid groups (broad SMARTS) is 1. The molecule has 0 heterocycles. The van der Waals surface area contributed by atoms with Gasteiger partial charge in [-0.3, -0.25) is 4.79 Å².